The predicted molar refractivity (Wildman–Crippen MR) is 120 cm³/mol. The fraction of sp³-hybridized carbons (Fsp3) is 0.667. The Balaban J connectivity index is 1.35. The smallest absolute Gasteiger partial charge is 0.225 e. The van der Waals surface area contributed by atoms with Crippen LogP contribution in [0.3, 0.4) is 0 Å². The Labute approximate surface area is 184 Å². The number of hydrogen-bond acceptors (Lipinski definition) is 6. The van der Waals surface area contributed by atoms with E-state index in [4.69, 9.17) is 0 Å². The number of guanidine groups is 1. The van der Waals surface area contributed by atoms with Gasteiger partial charge in [-0.15, -0.1) is 0 Å². The number of nitrogens with one attached hydrogen (secondary N) is 2. The topological polar surface area (TPSA) is 106 Å². The number of piperazine rings is 1. The summed E-state index contributed by atoms with van der Waals surface area (Å²) in [6.07, 6.45) is 6.46. The SMILES string of the molecule is CN=C(NCCC(=O)N1CCN(c2ncccn2)CC1)N1CCC(CC(=O)NC)CC1. The maximum atomic E-state index is 12.6. The molecule has 10 nitrogen and oxygen atoms in total. The van der Waals surface area contributed by atoms with Gasteiger partial charge >= 0.3 is 0 Å². The highest BCUT2D eigenvalue weighted by atomic mass is 16.2. The van der Waals surface area contributed by atoms with Gasteiger partial charge in [0.25, 0.3) is 0 Å². The average Bonchev–Trinajstić information content (AvgIpc) is 2.83. The molecule has 31 heavy (non-hydrogen) atoms. The van der Waals surface area contributed by atoms with Gasteiger partial charge in [-0.2, -0.15) is 0 Å². The largest absolute Gasteiger partial charge is 0.359 e. The summed E-state index contributed by atoms with van der Waals surface area (Å²) in [5.41, 5.74) is 0. The number of amides is 2. The van der Waals surface area contributed by atoms with E-state index >= 15 is 0 Å². The van der Waals surface area contributed by atoms with Gasteiger partial charge < -0.3 is 25.3 Å². The van der Waals surface area contributed by atoms with Crippen molar-refractivity contribution in [2.45, 2.75) is 25.7 Å². The van der Waals surface area contributed by atoms with E-state index in [0.717, 1.165) is 50.9 Å². The summed E-state index contributed by atoms with van der Waals surface area (Å²) in [5.74, 6) is 2.24. The van der Waals surface area contributed by atoms with Crippen molar-refractivity contribution in [1.29, 1.82) is 0 Å². The lowest BCUT2D eigenvalue weighted by atomic mass is 9.93. The third kappa shape index (κ3) is 6.53. The number of nitrogens with zero attached hydrogens (tertiary/aromatic N) is 6. The van der Waals surface area contributed by atoms with Gasteiger partial charge in [0, 0.05) is 85.1 Å². The fourth-order valence-corrected chi connectivity index (χ4v) is 4.10. The van der Waals surface area contributed by atoms with Crippen LogP contribution in [0, 0.1) is 5.92 Å². The summed E-state index contributed by atoms with van der Waals surface area (Å²) in [6, 6.07) is 1.80. The van der Waals surface area contributed by atoms with Crippen LogP contribution in [0.4, 0.5) is 5.95 Å². The number of hydrogen-bond donors (Lipinski definition) is 2. The first-order valence-electron chi connectivity index (χ1n) is 11.1. The molecule has 0 atom stereocenters. The quantitative estimate of drug-likeness (QED) is 0.481. The summed E-state index contributed by atoms with van der Waals surface area (Å²) >= 11 is 0. The van der Waals surface area contributed by atoms with Gasteiger partial charge in [0.05, 0.1) is 0 Å². The molecule has 2 aliphatic rings. The minimum absolute atomic E-state index is 0.108. The molecule has 1 aromatic heterocycles. The highest BCUT2D eigenvalue weighted by Crippen LogP contribution is 2.20. The Morgan fingerprint density at radius 3 is 2.35 bits per heavy atom. The lowest BCUT2D eigenvalue weighted by Gasteiger charge is -2.35. The molecule has 0 aliphatic carbocycles. The first-order chi connectivity index (χ1) is 15.1. The van der Waals surface area contributed by atoms with Gasteiger partial charge in [0.15, 0.2) is 5.96 Å². The van der Waals surface area contributed by atoms with Crippen LogP contribution < -0.4 is 15.5 Å². The monoisotopic (exact) mass is 430 g/mol. The molecule has 0 bridgehead atoms. The van der Waals surface area contributed by atoms with Crippen LogP contribution in [0.1, 0.15) is 25.7 Å². The van der Waals surface area contributed by atoms with Crippen LogP contribution in [-0.2, 0) is 9.59 Å². The van der Waals surface area contributed by atoms with Crippen molar-refractivity contribution in [1.82, 2.24) is 30.4 Å². The normalized spacial score (nSPS) is 18.1. The molecule has 2 saturated heterocycles. The molecule has 2 N–H and O–H groups in total. The maximum Gasteiger partial charge on any atom is 0.225 e. The molecule has 170 valence electrons. The molecular formula is C21H34N8O2. The maximum absolute atomic E-state index is 12.6. The van der Waals surface area contributed by atoms with Gasteiger partial charge in [0.2, 0.25) is 17.8 Å². The summed E-state index contributed by atoms with van der Waals surface area (Å²) in [4.78, 5) is 43.3. The molecular weight excluding hydrogens is 396 g/mol. The lowest BCUT2D eigenvalue weighted by Crippen LogP contribution is -2.50. The van der Waals surface area contributed by atoms with Gasteiger partial charge in [-0.3, -0.25) is 14.6 Å². The lowest BCUT2D eigenvalue weighted by molar-refractivity contribution is -0.131. The zero-order valence-electron chi connectivity index (χ0n) is 18.6. The highest BCUT2D eigenvalue weighted by molar-refractivity contribution is 5.81. The Hall–Kier alpha value is -2.91. The molecule has 0 radical (unpaired) electrons. The van der Waals surface area contributed by atoms with E-state index in [1.54, 1.807) is 32.6 Å². The highest BCUT2D eigenvalue weighted by Gasteiger charge is 2.24. The van der Waals surface area contributed by atoms with E-state index in [9.17, 15) is 9.59 Å². The Kier molecular flexibility index (Phi) is 8.43. The number of carbonyl (C=O) groups is 2. The number of aliphatic imine (C=N–C) groups is 1. The zero-order chi connectivity index (χ0) is 22.1. The number of piperidine rings is 1. The minimum atomic E-state index is 0.108. The second-order valence-corrected chi connectivity index (χ2v) is 7.95. The molecule has 10 heteroatoms. The third-order valence-electron chi connectivity index (χ3n) is 5.97. The van der Waals surface area contributed by atoms with E-state index in [2.05, 4.69) is 35.4 Å². The summed E-state index contributed by atoms with van der Waals surface area (Å²) in [7, 11) is 3.45. The van der Waals surface area contributed by atoms with E-state index < -0.39 is 0 Å². The van der Waals surface area contributed by atoms with Gasteiger partial charge in [0.1, 0.15) is 0 Å². The number of rotatable bonds is 6. The molecule has 2 aliphatic heterocycles. The van der Waals surface area contributed by atoms with Crippen LogP contribution in [0.5, 0.6) is 0 Å². The molecule has 2 amide bonds. The molecule has 3 heterocycles. The Morgan fingerprint density at radius 1 is 1.06 bits per heavy atom. The number of carbonyl (C=O) groups excluding carboxylic acids is 2. The Morgan fingerprint density at radius 2 is 1.74 bits per heavy atom. The standard InChI is InChI=1S/C21H34N8O2/c1-22-18(30)16-17-5-10-28(11-6-17)20(23-2)26-9-4-19(31)27-12-14-29(15-13-27)21-24-7-3-8-25-21/h3,7-8,17H,4-6,9-16H2,1-2H3,(H,22,30)(H,23,26). The number of anilines is 1. The van der Waals surface area contributed by atoms with Gasteiger partial charge in [-0.05, 0) is 24.8 Å². The third-order valence-corrected chi connectivity index (χ3v) is 5.97. The molecule has 2 fully saturated rings. The van der Waals surface area contributed by atoms with E-state index in [0.29, 0.717) is 38.4 Å². The molecule has 0 unspecified atom stereocenters. The van der Waals surface area contributed by atoms with Crippen LogP contribution in [0.15, 0.2) is 23.5 Å². The summed E-state index contributed by atoms with van der Waals surface area (Å²) < 4.78 is 0. The van der Waals surface area contributed by atoms with E-state index in [-0.39, 0.29) is 11.8 Å². The zero-order valence-corrected chi connectivity index (χ0v) is 18.6. The molecule has 0 saturated carbocycles. The van der Waals surface area contributed by atoms with Gasteiger partial charge in [-0.1, -0.05) is 0 Å². The predicted octanol–water partition coefficient (Wildman–Crippen LogP) is -0.0612. The second-order valence-electron chi connectivity index (χ2n) is 7.95. The van der Waals surface area contributed by atoms with Crippen molar-refractivity contribution >= 4 is 23.7 Å². The molecule has 0 aromatic carbocycles. The minimum Gasteiger partial charge on any atom is -0.359 e. The first kappa shape index (κ1) is 22.8. The number of aromatic nitrogens is 2. The van der Waals surface area contributed by atoms with Crippen molar-refractivity contribution in [2.24, 2.45) is 10.9 Å². The van der Waals surface area contributed by atoms with Gasteiger partial charge in [-0.25, -0.2) is 9.97 Å². The van der Waals surface area contributed by atoms with Crippen LogP contribution in [-0.4, -0.2) is 97.5 Å². The van der Waals surface area contributed by atoms with Crippen LogP contribution in [0.25, 0.3) is 0 Å². The number of likely N-dealkylation sites (tertiary alicyclic amines) is 1. The fourth-order valence-electron chi connectivity index (χ4n) is 4.10. The second kappa shape index (κ2) is 11.5. The van der Waals surface area contributed by atoms with E-state index in [1.807, 2.05) is 4.90 Å². The summed E-state index contributed by atoms with van der Waals surface area (Å²) in [5, 5.41) is 6.03. The first-order valence-corrected chi connectivity index (χ1v) is 11.1. The molecule has 1 aromatic rings. The molecule has 3 rings (SSSR count). The van der Waals surface area contributed by atoms with E-state index in [1.165, 1.54) is 0 Å². The Bertz CT molecular complexity index is 741. The average molecular weight is 431 g/mol. The molecule has 0 spiro atoms. The van der Waals surface area contributed by atoms with Crippen molar-refractivity contribution in [3.63, 3.8) is 0 Å². The van der Waals surface area contributed by atoms with Crippen LogP contribution in [0.2, 0.25) is 0 Å². The van der Waals surface area contributed by atoms with Crippen molar-refractivity contribution in [3.05, 3.63) is 18.5 Å². The van der Waals surface area contributed by atoms with Crippen molar-refractivity contribution in [3.8, 4) is 0 Å². The van der Waals surface area contributed by atoms with Crippen molar-refractivity contribution in [2.75, 3.05) is 64.8 Å². The summed E-state index contributed by atoms with van der Waals surface area (Å²) in [6.45, 7) is 5.17. The van der Waals surface area contributed by atoms with Crippen LogP contribution >= 0.6 is 0 Å². The van der Waals surface area contributed by atoms with Crippen molar-refractivity contribution < 1.29 is 9.59 Å².